The molecular formula is C25H23N3O3S. The number of hydrogen-bond donors (Lipinski definition) is 1. The Balaban J connectivity index is 1.46. The lowest BCUT2D eigenvalue weighted by molar-refractivity contribution is 0.102. The van der Waals surface area contributed by atoms with Crippen molar-refractivity contribution in [3.8, 4) is 16.9 Å². The van der Waals surface area contributed by atoms with E-state index in [1.807, 2.05) is 43.3 Å². The molecule has 0 spiro atoms. The molecule has 1 atom stereocenters. The number of carbonyl (C=O) groups is 1. The van der Waals surface area contributed by atoms with E-state index in [0.717, 1.165) is 52.0 Å². The summed E-state index contributed by atoms with van der Waals surface area (Å²) in [5, 5.41) is 3.52. The minimum atomic E-state index is -0.253. The maximum atomic E-state index is 13.2. The standard InChI is InChI=1S/C25H23N3O3S/c1-15-12-18(17-6-3-4-7-22(17)30-2)19(14-26-15)24(29)28-25-27-20-10-9-16(13-23(20)32-25)21-8-5-11-31-21/h3-4,6-7,9-10,12-14,21H,5,8,11H2,1-2H3,(H,27,28,29). The molecule has 1 unspecified atom stereocenters. The largest absolute Gasteiger partial charge is 0.496 e. The monoisotopic (exact) mass is 445 g/mol. The fourth-order valence-corrected chi connectivity index (χ4v) is 4.94. The van der Waals surface area contributed by atoms with E-state index in [4.69, 9.17) is 9.47 Å². The van der Waals surface area contributed by atoms with Crippen molar-refractivity contribution in [1.82, 2.24) is 9.97 Å². The van der Waals surface area contributed by atoms with Crippen LogP contribution in [0.3, 0.4) is 0 Å². The molecule has 0 bridgehead atoms. The smallest absolute Gasteiger partial charge is 0.259 e. The van der Waals surface area contributed by atoms with Crippen LogP contribution in [-0.4, -0.2) is 29.6 Å². The van der Waals surface area contributed by atoms with Crippen LogP contribution < -0.4 is 10.1 Å². The number of carbonyl (C=O) groups excluding carboxylic acids is 1. The van der Waals surface area contributed by atoms with Crippen LogP contribution in [0.1, 0.15) is 40.6 Å². The number of pyridine rings is 1. The van der Waals surface area contributed by atoms with Crippen LogP contribution >= 0.6 is 11.3 Å². The Morgan fingerprint density at radius 3 is 2.88 bits per heavy atom. The number of anilines is 1. The number of aryl methyl sites for hydroxylation is 1. The van der Waals surface area contributed by atoms with Gasteiger partial charge in [0.25, 0.3) is 5.91 Å². The zero-order chi connectivity index (χ0) is 22.1. The second-order valence-corrected chi connectivity index (χ2v) is 8.80. The zero-order valence-corrected chi connectivity index (χ0v) is 18.7. The van der Waals surface area contributed by atoms with Gasteiger partial charge in [-0.1, -0.05) is 35.6 Å². The van der Waals surface area contributed by atoms with Gasteiger partial charge in [0.1, 0.15) is 5.75 Å². The van der Waals surface area contributed by atoms with Crippen LogP contribution in [0.25, 0.3) is 21.3 Å². The molecule has 5 rings (SSSR count). The second kappa shape index (κ2) is 8.68. The van der Waals surface area contributed by atoms with Crippen molar-refractivity contribution in [1.29, 1.82) is 0 Å². The molecule has 162 valence electrons. The van der Waals surface area contributed by atoms with E-state index < -0.39 is 0 Å². The number of methoxy groups -OCH3 is 1. The number of ether oxygens (including phenoxy) is 2. The Bertz CT molecular complexity index is 1290. The molecule has 2 aromatic carbocycles. The average molecular weight is 446 g/mol. The van der Waals surface area contributed by atoms with Crippen molar-refractivity contribution < 1.29 is 14.3 Å². The third-order valence-electron chi connectivity index (χ3n) is 5.62. The number of thiazole rings is 1. The molecule has 0 aliphatic carbocycles. The minimum absolute atomic E-state index is 0.154. The summed E-state index contributed by atoms with van der Waals surface area (Å²) in [4.78, 5) is 22.2. The van der Waals surface area contributed by atoms with E-state index in [0.29, 0.717) is 16.4 Å². The van der Waals surface area contributed by atoms with Crippen molar-refractivity contribution >= 4 is 32.6 Å². The van der Waals surface area contributed by atoms with Gasteiger partial charge in [-0.15, -0.1) is 0 Å². The van der Waals surface area contributed by atoms with Crippen LogP contribution in [0.4, 0.5) is 5.13 Å². The predicted octanol–water partition coefficient (Wildman–Crippen LogP) is 5.78. The van der Waals surface area contributed by atoms with Crippen molar-refractivity contribution in [2.45, 2.75) is 25.9 Å². The van der Waals surface area contributed by atoms with E-state index in [1.54, 1.807) is 13.3 Å². The van der Waals surface area contributed by atoms with Gasteiger partial charge in [0.2, 0.25) is 0 Å². The molecule has 1 fully saturated rings. The van der Waals surface area contributed by atoms with Crippen LogP contribution in [0.5, 0.6) is 5.75 Å². The third-order valence-corrected chi connectivity index (χ3v) is 6.55. The fourth-order valence-electron chi connectivity index (χ4n) is 4.03. The van der Waals surface area contributed by atoms with E-state index in [1.165, 1.54) is 11.3 Å². The highest BCUT2D eigenvalue weighted by atomic mass is 32.1. The molecule has 0 radical (unpaired) electrons. The van der Waals surface area contributed by atoms with Gasteiger partial charge >= 0.3 is 0 Å². The van der Waals surface area contributed by atoms with Crippen LogP contribution in [-0.2, 0) is 4.74 Å². The second-order valence-electron chi connectivity index (χ2n) is 7.77. The van der Waals surface area contributed by atoms with Gasteiger partial charge in [-0.25, -0.2) is 4.98 Å². The van der Waals surface area contributed by atoms with Gasteiger partial charge in [0, 0.05) is 29.6 Å². The molecule has 0 saturated carbocycles. The first-order chi connectivity index (χ1) is 15.6. The maximum Gasteiger partial charge on any atom is 0.259 e. The molecule has 3 heterocycles. The summed E-state index contributed by atoms with van der Waals surface area (Å²) in [7, 11) is 1.62. The lowest BCUT2D eigenvalue weighted by Crippen LogP contribution is -2.14. The molecule has 2 aromatic heterocycles. The molecule has 1 aliphatic heterocycles. The number of rotatable bonds is 5. The number of nitrogens with zero attached hydrogens (tertiary/aromatic N) is 2. The van der Waals surface area contributed by atoms with Gasteiger partial charge in [-0.3, -0.25) is 15.1 Å². The van der Waals surface area contributed by atoms with Crippen molar-refractivity contribution in [3.05, 3.63) is 71.5 Å². The fraction of sp³-hybridized carbons (Fsp3) is 0.240. The van der Waals surface area contributed by atoms with Gasteiger partial charge < -0.3 is 9.47 Å². The first kappa shape index (κ1) is 20.6. The van der Waals surface area contributed by atoms with E-state index in [2.05, 4.69) is 27.4 Å². The van der Waals surface area contributed by atoms with Crippen molar-refractivity contribution in [2.75, 3.05) is 19.0 Å². The molecule has 1 aliphatic rings. The minimum Gasteiger partial charge on any atom is -0.496 e. The van der Waals surface area contributed by atoms with Gasteiger partial charge in [-0.2, -0.15) is 0 Å². The third kappa shape index (κ3) is 3.97. The molecule has 6 nitrogen and oxygen atoms in total. The zero-order valence-electron chi connectivity index (χ0n) is 17.9. The Morgan fingerprint density at radius 1 is 1.19 bits per heavy atom. The predicted molar refractivity (Wildman–Crippen MR) is 126 cm³/mol. The summed E-state index contributed by atoms with van der Waals surface area (Å²) in [6, 6.07) is 15.7. The number of nitrogens with one attached hydrogen (secondary N) is 1. The van der Waals surface area contributed by atoms with E-state index in [9.17, 15) is 4.79 Å². The van der Waals surface area contributed by atoms with Crippen molar-refractivity contribution in [3.63, 3.8) is 0 Å². The van der Waals surface area contributed by atoms with E-state index in [-0.39, 0.29) is 12.0 Å². The average Bonchev–Trinajstić information content (AvgIpc) is 3.48. The quantitative estimate of drug-likeness (QED) is 0.422. The Morgan fingerprint density at radius 2 is 2.06 bits per heavy atom. The summed E-state index contributed by atoms with van der Waals surface area (Å²) >= 11 is 1.46. The Kier molecular flexibility index (Phi) is 5.59. The maximum absolute atomic E-state index is 13.2. The van der Waals surface area contributed by atoms with Gasteiger partial charge in [0.15, 0.2) is 5.13 Å². The highest BCUT2D eigenvalue weighted by Gasteiger charge is 2.20. The number of hydrogen-bond acceptors (Lipinski definition) is 6. The van der Waals surface area contributed by atoms with Gasteiger partial charge in [0.05, 0.1) is 29.0 Å². The molecule has 1 amide bonds. The number of para-hydroxylation sites is 1. The number of benzene rings is 2. The van der Waals surface area contributed by atoms with E-state index >= 15 is 0 Å². The van der Waals surface area contributed by atoms with Crippen LogP contribution in [0.2, 0.25) is 0 Å². The van der Waals surface area contributed by atoms with Crippen LogP contribution in [0, 0.1) is 6.92 Å². The molecule has 1 saturated heterocycles. The lowest BCUT2D eigenvalue weighted by atomic mass is 9.99. The first-order valence-electron chi connectivity index (χ1n) is 10.6. The Hall–Kier alpha value is -3.29. The summed E-state index contributed by atoms with van der Waals surface area (Å²) in [6.07, 6.45) is 3.89. The summed E-state index contributed by atoms with van der Waals surface area (Å²) in [6.45, 7) is 2.71. The first-order valence-corrected chi connectivity index (χ1v) is 11.4. The Labute approximate surface area is 190 Å². The summed E-state index contributed by atoms with van der Waals surface area (Å²) in [5.74, 6) is 0.450. The van der Waals surface area contributed by atoms with Crippen LogP contribution in [0.15, 0.2) is 54.7 Å². The summed E-state index contributed by atoms with van der Waals surface area (Å²) < 4.78 is 12.3. The SMILES string of the molecule is COc1ccccc1-c1cc(C)ncc1C(=O)Nc1nc2ccc(C3CCCO3)cc2s1. The highest BCUT2D eigenvalue weighted by molar-refractivity contribution is 7.22. The molecule has 1 N–H and O–H groups in total. The topological polar surface area (TPSA) is 73.3 Å². The highest BCUT2D eigenvalue weighted by Crippen LogP contribution is 2.35. The summed E-state index contributed by atoms with van der Waals surface area (Å²) in [5.41, 5.74) is 4.94. The number of fused-ring (bicyclic) bond motifs is 1. The van der Waals surface area contributed by atoms with Crippen molar-refractivity contribution in [2.24, 2.45) is 0 Å². The normalized spacial score (nSPS) is 15.8. The van der Waals surface area contributed by atoms with Gasteiger partial charge in [-0.05, 0) is 49.6 Å². The molecular weight excluding hydrogens is 422 g/mol. The molecule has 4 aromatic rings. The molecule has 32 heavy (non-hydrogen) atoms. The lowest BCUT2D eigenvalue weighted by Gasteiger charge is -2.13. The number of amides is 1. The number of aromatic nitrogens is 2. The molecule has 7 heteroatoms.